The Labute approximate surface area is 246 Å². The first-order chi connectivity index (χ1) is 19.5. The number of fused-ring (bicyclic) bond motifs is 5. The number of carboxylic acid groups (broad SMARTS) is 1. The molecule has 3 fully saturated rings. The molecule has 0 aromatic rings. The first-order valence-corrected chi connectivity index (χ1v) is 15.0. The lowest BCUT2D eigenvalue weighted by molar-refractivity contribution is -0.184. The Bertz CT molecular complexity index is 1180. The van der Waals surface area contributed by atoms with Gasteiger partial charge in [0.05, 0.1) is 12.5 Å². The number of hydrogen-bond donors (Lipinski definition) is 5. The third-order valence-electron chi connectivity index (χ3n) is 11.1. The molecule has 8 atom stereocenters. The summed E-state index contributed by atoms with van der Waals surface area (Å²) in [6.07, 6.45) is 2.50. The first kappa shape index (κ1) is 32.3. The predicted octanol–water partition coefficient (Wildman–Crippen LogP) is 1.70. The van der Waals surface area contributed by atoms with Gasteiger partial charge in [-0.1, -0.05) is 33.3 Å². The number of Topliss-reactive ketones (excluding diaryl/α,β-unsaturated/α-hetero) is 1. The number of allylic oxidation sites excluding steroid dienone is 1. The van der Waals surface area contributed by atoms with Crippen LogP contribution in [0.4, 0.5) is 0 Å². The molecule has 5 N–H and O–H groups in total. The van der Waals surface area contributed by atoms with Crippen molar-refractivity contribution in [1.82, 2.24) is 5.32 Å². The molecule has 4 aliphatic rings. The van der Waals surface area contributed by atoms with Crippen molar-refractivity contribution in [2.45, 2.75) is 103 Å². The molecule has 0 bridgehead atoms. The number of aliphatic carboxylic acids is 1. The predicted molar refractivity (Wildman–Crippen MR) is 149 cm³/mol. The fourth-order valence-electron chi connectivity index (χ4n) is 8.55. The maximum atomic E-state index is 13.4. The Morgan fingerprint density at radius 2 is 1.81 bits per heavy atom. The van der Waals surface area contributed by atoms with E-state index in [1.807, 2.05) is 6.92 Å². The molecule has 42 heavy (non-hydrogen) atoms. The number of amides is 1. The van der Waals surface area contributed by atoms with Gasteiger partial charge in [0.25, 0.3) is 0 Å². The van der Waals surface area contributed by atoms with Crippen LogP contribution in [0.5, 0.6) is 0 Å². The summed E-state index contributed by atoms with van der Waals surface area (Å²) < 4.78 is 5.15. The number of esters is 1. The summed E-state index contributed by atoms with van der Waals surface area (Å²) in [5, 5.41) is 44.5. The van der Waals surface area contributed by atoms with Crippen molar-refractivity contribution in [3.63, 3.8) is 0 Å². The highest BCUT2D eigenvalue weighted by molar-refractivity contribution is 5.92. The highest BCUT2D eigenvalue weighted by atomic mass is 16.5. The van der Waals surface area contributed by atoms with Gasteiger partial charge in [0.1, 0.15) is 5.60 Å². The number of carboxylic acids is 1. The van der Waals surface area contributed by atoms with Gasteiger partial charge in [-0.15, -0.1) is 0 Å². The Morgan fingerprint density at radius 1 is 1.12 bits per heavy atom. The number of rotatable bonds is 10. The molecule has 0 aromatic carbocycles. The molecule has 4 aliphatic carbocycles. The third-order valence-corrected chi connectivity index (χ3v) is 11.1. The van der Waals surface area contributed by atoms with Gasteiger partial charge >= 0.3 is 11.9 Å². The number of aliphatic hydroxyl groups is 3. The van der Waals surface area contributed by atoms with Gasteiger partial charge in [-0.2, -0.15) is 0 Å². The van der Waals surface area contributed by atoms with Crippen LogP contribution < -0.4 is 5.32 Å². The zero-order valence-corrected chi connectivity index (χ0v) is 25.0. The van der Waals surface area contributed by atoms with Gasteiger partial charge < -0.3 is 30.5 Å². The molecule has 1 amide bonds. The van der Waals surface area contributed by atoms with Crippen LogP contribution in [0.25, 0.3) is 0 Å². The summed E-state index contributed by atoms with van der Waals surface area (Å²) in [4.78, 5) is 61.0. The lowest BCUT2D eigenvalue weighted by atomic mass is 9.45. The van der Waals surface area contributed by atoms with Gasteiger partial charge in [0, 0.05) is 30.2 Å². The van der Waals surface area contributed by atoms with Crippen molar-refractivity contribution >= 4 is 29.4 Å². The van der Waals surface area contributed by atoms with Crippen LogP contribution >= 0.6 is 0 Å². The SMILES string of the molecule is CC(C)(CNC(=O)CCC(=O)OCC(=O)[C@@]1(O)CC[C@@H]2[C@@H]3CCC4=CC(=O)CC[C@]4(C)[C@@H]3[C@H](O)C[C@@]21C)[C@@H](O)C(=O)O. The van der Waals surface area contributed by atoms with Crippen LogP contribution in [0, 0.1) is 34.0 Å². The van der Waals surface area contributed by atoms with E-state index in [-0.39, 0.29) is 61.2 Å². The molecule has 0 saturated heterocycles. The summed E-state index contributed by atoms with van der Waals surface area (Å²) >= 11 is 0. The summed E-state index contributed by atoms with van der Waals surface area (Å²) in [7, 11) is 0. The molecule has 3 saturated carbocycles. The molecule has 11 heteroatoms. The topological polar surface area (TPSA) is 188 Å². The van der Waals surface area contributed by atoms with Crippen LogP contribution in [0.1, 0.15) is 85.5 Å². The van der Waals surface area contributed by atoms with E-state index in [2.05, 4.69) is 12.2 Å². The number of ketones is 2. The quantitative estimate of drug-likeness (QED) is 0.234. The zero-order chi connectivity index (χ0) is 31.3. The number of aliphatic hydroxyl groups excluding tert-OH is 2. The van der Waals surface area contributed by atoms with Gasteiger partial charge in [0.2, 0.25) is 11.7 Å². The van der Waals surface area contributed by atoms with E-state index in [0.29, 0.717) is 19.3 Å². The standard InChI is InChI=1S/C31H45NO10/c1-28(2,26(38)27(39)40)16-32-23(36)7-8-24(37)42-15-22(35)31(41)12-10-20-19-6-5-17-13-18(33)9-11-29(17,3)25(19)21(34)14-30(20,31)4/h13,19-21,25-26,34,38,41H,5-12,14-16H2,1-4H3,(H,32,36)(H,39,40)/t19-,20+,21+,25-,26-,29-,30-,31-/m0/s1. The lowest BCUT2D eigenvalue weighted by Gasteiger charge is -2.60. The average Bonchev–Trinajstić information content (AvgIpc) is 3.19. The normalized spacial score (nSPS) is 36.5. The second kappa shape index (κ2) is 11.5. The monoisotopic (exact) mass is 591 g/mol. The van der Waals surface area contributed by atoms with E-state index in [1.165, 1.54) is 13.8 Å². The Kier molecular flexibility index (Phi) is 8.81. The van der Waals surface area contributed by atoms with E-state index in [0.717, 1.165) is 18.4 Å². The van der Waals surface area contributed by atoms with Crippen LogP contribution in [0.15, 0.2) is 11.6 Å². The Balaban J connectivity index is 1.33. The van der Waals surface area contributed by atoms with Crippen molar-refractivity contribution in [1.29, 1.82) is 0 Å². The van der Waals surface area contributed by atoms with E-state index >= 15 is 0 Å². The summed E-state index contributed by atoms with van der Waals surface area (Å²) in [5.41, 5.74) is -2.97. The molecule has 4 rings (SSSR count). The van der Waals surface area contributed by atoms with Crippen LogP contribution in [0.3, 0.4) is 0 Å². The molecular formula is C31H45NO10. The molecule has 234 valence electrons. The number of nitrogens with one attached hydrogen (secondary N) is 1. The van der Waals surface area contributed by atoms with Crippen molar-refractivity contribution in [2.75, 3.05) is 13.2 Å². The maximum Gasteiger partial charge on any atom is 0.333 e. The van der Waals surface area contributed by atoms with Crippen molar-refractivity contribution in [3.05, 3.63) is 11.6 Å². The fourth-order valence-corrected chi connectivity index (χ4v) is 8.55. The summed E-state index contributed by atoms with van der Waals surface area (Å²) in [5.74, 6) is -3.18. The fraction of sp³-hybridized carbons (Fsp3) is 0.774. The summed E-state index contributed by atoms with van der Waals surface area (Å²) in [6.45, 7) is 6.19. The number of carbonyl (C=O) groups is 5. The molecule has 0 heterocycles. The number of carbonyl (C=O) groups excluding carboxylic acids is 4. The highest BCUT2D eigenvalue weighted by Gasteiger charge is 2.68. The molecular weight excluding hydrogens is 546 g/mol. The van der Waals surface area contributed by atoms with Crippen molar-refractivity contribution < 1.29 is 49.1 Å². The minimum absolute atomic E-state index is 0.000790. The van der Waals surface area contributed by atoms with E-state index in [4.69, 9.17) is 9.84 Å². The second-order valence-corrected chi connectivity index (χ2v) is 14.1. The minimum Gasteiger partial charge on any atom is -0.479 e. The zero-order valence-electron chi connectivity index (χ0n) is 25.0. The largest absolute Gasteiger partial charge is 0.479 e. The first-order valence-electron chi connectivity index (χ1n) is 15.0. The number of ether oxygens (including phenoxy) is 1. The molecule has 0 unspecified atom stereocenters. The molecule has 0 aliphatic heterocycles. The van der Waals surface area contributed by atoms with Gasteiger partial charge in [-0.05, 0) is 67.8 Å². The third kappa shape index (κ3) is 5.55. The van der Waals surface area contributed by atoms with Crippen molar-refractivity contribution in [2.24, 2.45) is 34.0 Å². The van der Waals surface area contributed by atoms with E-state index < -0.39 is 58.9 Å². The molecule has 0 aromatic heterocycles. The maximum absolute atomic E-state index is 13.4. The van der Waals surface area contributed by atoms with Gasteiger partial charge in [-0.25, -0.2) is 4.79 Å². The van der Waals surface area contributed by atoms with Crippen molar-refractivity contribution in [3.8, 4) is 0 Å². The lowest BCUT2D eigenvalue weighted by Crippen LogP contribution is -2.62. The van der Waals surface area contributed by atoms with Crippen LogP contribution in [-0.2, 0) is 28.7 Å². The average molecular weight is 592 g/mol. The Hall–Kier alpha value is -2.63. The number of hydrogen-bond acceptors (Lipinski definition) is 9. The second-order valence-electron chi connectivity index (χ2n) is 14.1. The minimum atomic E-state index is -1.77. The van der Waals surface area contributed by atoms with Gasteiger partial charge in [0.15, 0.2) is 18.5 Å². The highest BCUT2D eigenvalue weighted by Crippen LogP contribution is 2.67. The smallest absolute Gasteiger partial charge is 0.333 e. The molecule has 0 radical (unpaired) electrons. The van der Waals surface area contributed by atoms with E-state index in [9.17, 15) is 39.3 Å². The molecule has 0 spiro atoms. The van der Waals surface area contributed by atoms with Crippen LogP contribution in [-0.4, -0.2) is 80.8 Å². The van der Waals surface area contributed by atoms with Gasteiger partial charge in [-0.3, -0.25) is 19.2 Å². The Morgan fingerprint density at radius 3 is 2.48 bits per heavy atom. The summed E-state index contributed by atoms with van der Waals surface area (Å²) in [6, 6.07) is 0. The van der Waals surface area contributed by atoms with E-state index in [1.54, 1.807) is 6.08 Å². The molecule has 11 nitrogen and oxygen atoms in total. The van der Waals surface area contributed by atoms with Crippen LogP contribution in [0.2, 0.25) is 0 Å².